The first-order chi connectivity index (χ1) is 16.6. The third kappa shape index (κ3) is 6.20. The van der Waals surface area contributed by atoms with Crippen molar-refractivity contribution in [1.29, 1.82) is 0 Å². The molecule has 4 atom stereocenters. The number of carbonyl (C=O) groups excluding carboxylic acids is 2. The molecule has 5 nitrogen and oxygen atoms in total. The summed E-state index contributed by atoms with van der Waals surface area (Å²) in [5.74, 6) is 2.69. The largest absolute Gasteiger partial charge is 0.457 e. The number of hydrogen-bond acceptors (Lipinski definition) is 5. The molecule has 6 fully saturated rings. The van der Waals surface area contributed by atoms with Gasteiger partial charge < -0.3 is 15.6 Å². The maximum Gasteiger partial charge on any atom is 0.312 e. The summed E-state index contributed by atoms with van der Waals surface area (Å²) < 4.78 is 17.6. The van der Waals surface area contributed by atoms with Crippen LogP contribution in [0.15, 0.2) is 18.2 Å². The lowest BCUT2D eigenvalue weighted by atomic mass is 9.49. The zero-order valence-electron chi connectivity index (χ0n) is 20.2. The highest BCUT2D eigenvalue weighted by molar-refractivity contribution is 6.42. The van der Waals surface area contributed by atoms with Gasteiger partial charge in [0.05, 0.1) is 22.1 Å². The minimum Gasteiger partial charge on any atom is -0.457 e. The number of fused-ring (bicyclic) bond motifs is 1. The van der Waals surface area contributed by atoms with Crippen molar-refractivity contribution in [2.75, 3.05) is 6.61 Å². The fourth-order valence-corrected chi connectivity index (χ4v) is 7.48. The number of hydrogen-bond donors (Lipinski definition) is 2. The number of aliphatic hydroxyl groups excluding tert-OH is 1. The van der Waals surface area contributed by atoms with Crippen LogP contribution in [0.3, 0.4) is 0 Å². The lowest BCUT2D eigenvalue weighted by Crippen LogP contribution is -2.50. The van der Waals surface area contributed by atoms with E-state index in [-0.39, 0.29) is 42.3 Å². The molecule has 1 aromatic rings. The van der Waals surface area contributed by atoms with Gasteiger partial charge in [0.1, 0.15) is 12.8 Å². The maximum absolute atomic E-state index is 12.4. The fourth-order valence-electron chi connectivity index (χ4n) is 7.16. The lowest BCUT2D eigenvalue weighted by molar-refractivity contribution is -0.172. The molecule has 4 unspecified atom stereocenters. The van der Waals surface area contributed by atoms with Crippen LogP contribution in [-0.4, -0.2) is 35.7 Å². The maximum atomic E-state index is 12.4. The van der Waals surface area contributed by atoms with Crippen LogP contribution in [0.4, 0.5) is 4.39 Å². The minimum atomic E-state index is -0.529. The summed E-state index contributed by atoms with van der Waals surface area (Å²) >= 11 is 11.3. The molecular weight excluding hydrogens is 492 g/mol. The monoisotopic (exact) mass is 527 g/mol. The van der Waals surface area contributed by atoms with Crippen molar-refractivity contribution in [3.63, 3.8) is 0 Å². The molecule has 35 heavy (non-hydrogen) atoms. The Morgan fingerprint density at radius 1 is 1.09 bits per heavy atom. The number of alkyl halides is 1. The molecule has 194 valence electrons. The van der Waals surface area contributed by atoms with Crippen molar-refractivity contribution in [2.45, 2.75) is 77.1 Å². The number of nitrogens with two attached hydrogens (primary N) is 1. The molecule has 0 heterocycles. The third-order valence-corrected chi connectivity index (χ3v) is 9.24. The van der Waals surface area contributed by atoms with Gasteiger partial charge in [-0.1, -0.05) is 29.3 Å². The number of rotatable bonds is 4. The Kier molecular flexibility index (Phi) is 8.47. The molecule has 4 bridgehead atoms. The smallest absolute Gasteiger partial charge is 0.312 e. The fraction of sp³-hybridized carbons (Fsp3) is 0.704. The normalized spacial score (nSPS) is 37.4. The van der Waals surface area contributed by atoms with E-state index in [2.05, 4.69) is 0 Å². The summed E-state index contributed by atoms with van der Waals surface area (Å²) in [4.78, 5) is 23.1. The summed E-state index contributed by atoms with van der Waals surface area (Å²) in [6.07, 6.45) is 8.54. The summed E-state index contributed by atoms with van der Waals surface area (Å²) in [6.45, 7) is 1.42. The summed E-state index contributed by atoms with van der Waals surface area (Å²) in [6, 6.07) is 5.23. The molecule has 8 heteroatoms. The summed E-state index contributed by atoms with van der Waals surface area (Å²) in [5, 5.41) is 9.64. The van der Waals surface area contributed by atoms with Gasteiger partial charge in [0.25, 0.3) is 0 Å². The molecule has 6 saturated carbocycles. The lowest BCUT2D eigenvalue weighted by Gasteiger charge is -2.55. The molecule has 6 aliphatic rings. The van der Waals surface area contributed by atoms with Crippen molar-refractivity contribution in [3.05, 3.63) is 33.8 Å². The van der Waals surface area contributed by atoms with Gasteiger partial charge in [-0.05, 0) is 99.7 Å². The quantitative estimate of drug-likeness (QED) is 0.503. The first-order valence-corrected chi connectivity index (χ1v) is 13.5. The highest BCUT2D eigenvalue weighted by atomic mass is 35.5. The van der Waals surface area contributed by atoms with E-state index in [0.29, 0.717) is 16.0 Å². The van der Waals surface area contributed by atoms with Gasteiger partial charge in [0, 0.05) is 12.0 Å². The standard InChI is InChI=1S/C14H20O3.C7H6Cl2O.C6H10FN/c1-9(15)8-17-13(16)14-5-10-2-11(6-14)4-12(3-10)7-14;8-6-2-1-5(4-10)3-7(6)9;7-6-3-1-2-4(8)5(3)6/h10-12H,2-8H2,1H3;1-3,10H,4H2;3-6H,1-2,8H2. The Balaban J connectivity index is 0.000000136. The van der Waals surface area contributed by atoms with E-state index in [1.54, 1.807) is 18.2 Å². The zero-order valence-corrected chi connectivity index (χ0v) is 21.7. The number of carbonyl (C=O) groups is 2. The SMILES string of the molecule is CC(=O)COC(=O)C12CC3CC(CC(C3)C1)C2.NC1CCC2C(F)C12.OCc1ccc(Cl)c(Cl)c1. The Morgan fingerprint density at radius 3 is 2.09 bits per heavy atom. The van der Waals surface area contributed by atoms with Gasteiger partial charge >= 0.3 is 5.97 Å². The topological polar surface area (TPSA) is 89.6 Å². The van der Waals surface area contributed by atoms with Gasteiger partial charge in [-0.25, -0.2) is 4.39 Å². The zero-order chi connectivity index (χ0) is 25.3. The van der Waals surface area contributed by atoms with E-state index in [0.717, 1.165) is 55.4 Å². The third-order valence-electron chi connectivity index (χ3n) is 8.50. The number of Topliss-reactive ketones (excluding diaryl/α,β-unsaturated/α-hetero) is 1. The first kappa shape index (κ1) is 26.8. The number of aliphatic hydroxyl groups is 1. The number of halogens is 3. The molecule has 1 aromatic carbocycles. The minimum absolute atomic E-state index is 0.00309. The van der Waals surface area contributed by atoms with E-state index in [9.17, 15) is 14.0 Å². The Bertz CT molecular complexity index is 904. The second-order valence-corrected chi connectivity index (χ2v) is 12.1. The van der Waals surface area contributed by atoms with Crippen LogP contribution in [0.1, 0.15) is 63.9 Å². The van der Waals surface area contributed by atoms with Crippen LogP contribution in [0.5, 0.6) is 0 Å². The van der Waals surface area contributed by atoms with Gasteiger partial charge in [-0.2, -0.15) is 0 Å². The van der Waals surface area contributed by atoms with Crippen LogP contribution in [0.25, 0.3) is 0 Å². The van der Waals surface area contributed by atoms with Crippen LogP contribution in [-0.2, 0) is 20.9 Å². The summed E-state index contributed by atoms with van der Waals surface area (Å²) in [5.41, 5.74) is 6.12. The molecule has 0 radical (unpaired) electrons. The summed E-state index contributed by atoms with van der Waals surface area (Å²) in [7, 11) is 0. The van der Waals surface area contributed by atoms with Gasteiger partial charge in [0.15, 0.2) is 5.78 Å². The molecule has 7 rings (SSSR count). The van der Waals surface area contributed by atoms with Crippen LogP contribution in [0, 0.1) is 35.0 Å². The Hall–Kier alpha value is -1.21. The van der Waals surface area contributed by atoms with Gasteiger partial charge in [-0.3, -0.25) is 9.59 Å². The van der Waals surface area contributed by atoms with Gasteiger partial charge in [0.2, 0.25) is 0 Å². The van der Waals surface area contributed by atoms with Crippen molar-refractivity contribution < 1.29 is 23.8 Å². The Labute approximate surface area is 216 Å². The van der Waals surface area contributed by atoms with Crippen molar-refractivity contribution in [2.24, 2.45) is 40.7 Å². The average Bonchev–Trinajstić information content (AvgIpc) is 3.28. The molecule has 0 spiro atoms. The predicted molar refractivity (Wildman–Crippen MR) is 134 cm³/mol. The van der Waals surface area contributed by atoms with Crippen LogP contribution < -0.4 is 5.73 Å². The number of ether oxygens (including phenoxy) is 1. The molecule has 6 aliphatic carbocycles. The molecular formula is C27H36Cl2FNO4. The second kappa shape index (κ2) is 11.0. The van der Waals surface area contributed by atoms with Crippen molar-refractivity contribution >= 4 is 35.0 Å². The Morgan fingerprint density at radius 2 is 1.69 bits per heavy atom. The molecule has 0 amide bonds. The highest BCUT2D eigenvalue weighted by Gasteiger charge is 2.58. The predicted octanol–water partition coefficient (Wildman–Crippen LogP) is 5.51. The van der Waals surface area contributed by atoms with E-state index < -0.39 is 6.17 Å². The van der Waals surface area contributed by atoms with E-state index in [1.807, 2.05) is 0 Å². The van der Waals surface area contributed by atoms with E-state index in [4.69, 9.17) is 38.8 Å². The van der Waals surface area contributed by atoms with Crippen molar-refractivity contribution in [3.8, 4) is 0 Å². The molecule has 3 N–H and O–H groups in total. The van der Waals surface area contributed by atoms with Crippen LogP contribution >= 0.6 is 23.2 Å². The highest BCUT2D eigenvalue weighted by Crippen LogP contribution is 2.60. The number of benzene rings is 1. The van der Waals surface area contributed by atoms with Gasteiger partial charge in [-0.15, -0.1) is 0 Å². The molecule has 0 aliphatic heterocycles. The first-order valence-electron chi connectivity index (χ1n) is 12.7. The van der Waals surface area contributed by atoms with E-state index in [1.165, 1.54) is 26.2 Å². The van der Waals surface area contributed by atoms with Crippen LogP contribution in [0.2, 0.25) is 10.0 Å². The number of ketones is 1. The second-order valence-electron chi connectivity index (χ2n) is 11.3. The van der Waals surface area contributed by atoms with E-state index >= 15 is 0 Å². The molecule has 0 aromatic heterocycles. The van der Waals surface area contributed by atoms with Crippen molar-refractivity contribution in [1.82, 2.24) is 0 Å². The number of esters is 1. The molecule has 0 saturated heterocycles. The average molecular weight is 528 g/mol.